The number of nitrogens with one attached hydrogen (secondary N) is 1. The first-order valence-electron chi connectivity index (χ1n) is 9.03. The minimum atomic E-state index is -0.257. The Morgan fingerprint density at radius 3 is 2.96 bits per heavy atom. The third kappa shape index (κ3) is 3.25. The van der Waals surface area contributed by atoms with E-state index in [0.29, 0.717) is 6.04 Å². The molecule has 1 spiro atoms. The Morgan fingerprint density at radius 1 is 1.22 bits per heavy atom. The lowest BCUT2D eigenvalue weighted by Gasteiger charge is -2.23. The van der Waals surface area contributed by atoms with Crippen molar-refractivity contribution in [3.05, 3.63) is 29.3 Å². The largest absolute Gasteiger partial charge is 0.493 e. The minimum Gasteiger partial charge on any atom is -0.493 e. The monoisotopic (exact) mass is 317 g/mol. The van der Waals surface area contributed by atoms with Crippen LogP contribution in [-0.2, 0) is 9.47 Å². The summed E-state index contributed by atoms with van der Waals surface area (Å²) in [7, 11) is 0. The first-order valence-corrected chi connectivity index (χ1v) is 9.03. The summed E-state index contributed by atoms with van der Waals surface area (Å²) < 4.78 is 18.1. The van der Waals surface area contributed by atoms with E-state index < -0.39 is 0 Å². The Bertz CT molecular complexity index is 554. The molecule has 4 nitrogen and oxygen atoms in total. The summed E-state index contributed by atoms with van der Waals surface area (Å²) in [5.41, 5.74) is 2.57. The van der Waals surface area contributed by atoms with Crippen LogP contribution in [-0.4, -0.2) is 31.6 Å². The van der Waals surface area contributed by atoms with E-state index in [2.05, 4.69) is 30.4 Å². The smallest absolute Gasteiger partial charge is 0.168 e. The van der Waals surface area contributed by atoms with Crippen molar-refractivity contribution in [2.24, 2.45) is 0 Å². The second-order valence-corrected chi connectivity index (χ2v) is 7.16. The van der Waals surface area contributed by atoms with Crippen LogP contribution in [0.2, 0.25) is 0 Å². The summed E-state index contributed by atoms with van der Waals surface area (Å²) >= 11 is 0. The van der Waals surface area contributed by atoms with Gasteiger partial charge in [0.25, 0.3) is 0 Å². The highest BCUT2D eigenvalue weighted by molar-refractivity contribution is 5.39. The van der Waals surface area contributed by atoms with Crippen molar-refractivity contribution in [2.45, 2.75) is 63.4 Å². The fraction of sp³-hybridized carbons (Fsp3) is 0.684. The Hall–Kier alpha value is -1.10. The van der Waals surface area contributed by atoms with E-state index in [0.717, 1.165) is 51.2 Å². The number of rotatable bonds is 3. The van der Waals surface area contributed by atoms with Crippen molar-refractivity contribution >= 4 is 0 Å². The van der Waals surface area contributed by atoms with Gasteiger partial charge in [0.1, 0.15) is 5.75 Å². The summed E-state index contributed by atoms with van der Waals surface area (Å²) in [4.78, 5) is 0. The summed E-state index contributed by atoms with van der Waals surface area (Å²) in [6.45, 7) is 4.51. The van der Waals surface area contributed by atoms with Crippen LogP contribution in [0.25, 0.3) is 0 Å². The topological polar surface area (TPSA) is 39.7 Å². The van der Waals surface area contributed by atoms with Crippen LogP contribution in [0, 0.1) is 6.92 Å². The first-order chi connectivity index (χ1) is 11.2. The summed E-state index contributed by atoms with van der Waals surface area (Å²) in [5, 5.41) is 3.71. The number of ether oxygens (including phenoxy) is 3. The van der Waals surface area contributed by atoms with Crippen molar-refractivity contribution in [1.29, 1.82) is 0 Å². The van der Waals surface area contributed by atoms with Crippen molar-refractivity contribution < 1.29 is 14.2 Å². The number of fused-ring (bicyclic) bond motifs is 1. The van der Waals surface area contributed by atoms with Gasteiger partial charge < -0.3 is 19.5 Å². The number of hydrogen-bond donors (Lipinski definition) is 1. The molecule has 1 saturated carbocycles. The zero-order valence-corrected chi connectivity index (χ0v) is 14.0. The summed E-state index contributed by atoms with van der Waals surface area (Å²) in [6, 6.07) is 6.82. The molecule has 0 aromatic heterocycles. The van der Waals surface area contributed by atoms with Gasteiger partial charge in [-0.25, -0.2) is 0 Å². The van der Waals surface area contributed by atoms with Crippen LogP contribution >= 0.6 is 0 Å². The van der Waals surface area contributed by atoms with E-state index in [-0.39, 0.29) is 11.9 Å². The average Bonchev–Trinajstić information content (AvgIpc) is 3.13. The first kappa shape index (κ1) is 15.4. The third-order valence-electron chi connectivity index (χ3n) is 5.31. The van der Waals surface area contributed by atoms with Gasteiger partial charge in [-0.3, -0.25) is 0 Å². The molecule has 0 bridgehead atoms. The quantitative estimate of drug-likeness (QED) is 0.926. The number of aryl methyl sites for hydroxylation is 1. The molecular formula is C19H27NO3. The summed E-state index contributed by atoms with van der Waals surface area (Å²) in [6.07, 6.45) is 6.93. The second kappa shape index (κ2) is 6.42. The molecule has 2 fully saturated rings. The maximum atomic E-state index is 6.23. The van der Waals surface area contributed by atoms with E-state index in [4.69, 9.17) is 14.2 Å². The zero-order valence-electron chi connectivity index (χ0n) is 14.0. The Labute approximate surface area is 138 Å². The highest BCUT2D eigenvalue weighted by Gasteiger charge is 2.43. The Morgan fingerprint density at radius 2 is 2.09 bits per heavy atom. The van der Waals surface area contributed by atoms with E-state index >= 15 is 0 Å². The molecule has 2 aliphatic heterocycles. The van der Waals surface area contributed by atoms with E-state index in [1.54, 1.807) is 0 Å². The van der Waals surface area contributed by atoms with Gasteiger partial charge in [0, 0.05) is 31.0 Å². The molecule has 2 heterocycles. The standard InChI is InChI=1S/C19H27NO3/c1-14-6-7-18-16(11-14)17(5-4-10-21-18)20-12-15-13-22-19(23-15)8-2-3-9-19/h6-7,11,15,17,20H,2-5,8-10,12-13H2,1H3/t15-,17+/m1/s1. The molecule has 2 atom stereocenters. The molecule has 4 heteroatoms. The molecule has 4 rings (SSSR count). The van der Waals surface area contributed by atoms with E-state index in [1.807, 2.05) is 0 Å². The van der Waals surface area contributed by atoms with Crippen molar-refractivity contribution in [1.82, 2.24) is 5.32 Å². The molecule has 1 saturated heterocycles. The molecule has 0 radical (unpaired) electrons. The number of benzene rings is 1. The lowest BCUT2D eigenvalue weighted by atomic mass is 10.00. The third-order valence-corrected chi connectivity index (χ3v) is 5.31. The molecular weight excluding hydrogens is 290 g/mol. The lowest BCUT2D eigenvalue weighted by molar-refractivity contribution is -0.161. The zero-order chi connectivity index (χ0) is 15.7. The van der Waals surface area contributed by atoms with Gasteiger partial charge >= 0.3 is 0 Å². The van der Waals surface area contributed by atoms with Crippen LogP contribution in [0.1, 0.15) is 55.7 Å². The Balaban J connectivity index is 1.40. The van der Waals surface area contributed by atoms with Crippen LogP contribution in [0.4, 0.5) is 0 Å². The molecule has 1 aromatic carbocycles. The summed E-state index contributed by atoms with van der Waals surface area (Å²) in [5.74, 6) is 0.773. The SMILES string of the molecule is Cc1ccc2c(c1)[C@@H](NC[C@@H]1COC3(CCCC3)O1)CCCO2. The van der Waals surface area contributed by atoms with Crippen LogP contribution in [0.3, 0.4) is 0 Å². The molecule has 23 heavy (non-hydrogen) atoms. The van der Waals surface area contributed by atoms with Crippen LogP contribution in [0.15, 0.2) is 18.2 Å². The number of hydrogen-bond acceptors (Lipinski definition) is 4. The highest BCUT2D eigenvalue weighted by Crippen LogP contribution is 2.39. The molecule has 0 amide bonds. The molecule has 1 aliphatic carbocycles. The van der Waals surface area contributed by atoms with Gasteiger partial charge in [-0.15, -0.1) is 0 Å². The fourth-order valence-corrected chi connectivity index (χ4v) is 4.08. The average molecular weight is 317 g/mol. The van der Waals surface area contributed by atoms with Crippen LogP contribution < -0.4 is 10.1 Å². The normalized spacial score (nSPS) is 29.3. The molecule has 0 unspecified atom stereocenters. The maximum absolute atomic E-state index is 6.23. The van der Waals surface area contributed by atoms with Gasteiger partial charge in [-0.1, -0.05) is 17.7 Å². The van der Waals surface area contributed by atoms with Gasteiger partial charge in [0.05, 0.1) is 19.3 Å². The van der Waals surface area contributed by atoms with Crippen molar-refractivity contribution in [3.63, 3.8) is 0 Å². The Kier molecular flexibility index (Phi) is 4.31. The molecule has 1 aromatic rings. The fourth-order valence-electron chi connectivity index (χ4n) is 4.08. The van der Waals surface area contributed by atoms with Gasteiger partial charge in [-0.05, 0) is 38.7 Å². The van der Waals surface area contributed by atoms with E-state index in [9.17, 15) is 0 Å². The van der Waals surface area contributed by atoms with Gasteiger partial charge in [-0.2, -0.15) is 0 Å². The van der Waals surface area contributed by atoms with Gasteiger partial charge in [0.2, 0.25) is 0 Å². The van der Waals surface area contributed by atoms with Crippen molar-refractivity contribution in [2.75, 3.05) is 19.8 Å². The molecule has 126 valence electrons. The van der Waals surface area contributed by atoms with Crippen molar-refractivity contribution in [3.8, 4) is 5.75 Å². The van der Waals surface area contributed by atoms with Crippen LogP contribution in [0.5, 0.6) is 5.75 Å². The lowest BCUT2D eigenvalue weighted by Crippen LogP contribution is -2.34. The maximum Gasteiger partial charge on any atom is 0.168 e. The highest BCUT2D eigenvalue weighted by atomic mass is 16.7. The second-order valence-electron chi connectivity index (χ2n) is 7.16. The minimum absolute atomic E-state index is 0.172. The van der Waals surface area contributed by atoms with Gasteiger partial charge in [0.15, 0.2) is 5.79 Å². The predicted octanol–water partition coefficient (Wildman–Crippen LogP) is 3.48. The molecule has 3 aliphatic rings. The molecule has 1 N–H and O–H groups in total. The predicted molar refractivity (Wildman–Crippen MR) is 88.7 cm³/mol. The van der Waals surface area contributed by atoms with E-state index in [1.165, 1.54) is 24.0 Å².